The Morgan fingerprint density at radius 2 is 2.22 bits per heavy atom. The number of carbonyl (C=O) groups excluding carboxylic acids is 1. The molecule has 18 heavy (non-hydrogen) atoms. The minimum atomic E-state index is 0. The van der Waals surface area contributed by atoms with E-state index in [9.17, 15) is 4.79 Å². The van der Waals surface area contributed by atoms with E-state index in [1.54, 1.807) is 0 Å². The number of rotatable bonds is 2. The molecule has 1 aliphatic carbocycles. The van der Waals surface area contributed by atoms with Gasteiger partial charge in [0.25, 0.3) is 0 Å². The smallest absolute Gasteiger partial charge is 0.227 e. The molecule has 0 bridgehead atoms. The maximum absolute atomic E-state index is 11.7. The van der Waals surface area contributed by atoms with Gasteiger partial charge in [-0.3, -0.25) is 4.79 Å². The van der Waals surface area contributed by atoms with E-state index < -0.39 is 0 Å². The topological polar surface area (TPSA) is 50.4 Å². The van der Waals surface area contributed by atoms with Crippen LogP contribution in [0.3, 0.4) is 0 Å². The fourth-order valence-corrected chi connectivity index (χ4v) is 1.98. The van der Waals surface area contributed by atoms with Gasteiger partial charge in [0.1, 0.15) is 12.4 Å². The molecule has 1 saturated carbocycles. The quantitative estimate of drug-likeness (QED) is 0.862. The molecule has 4 nitrogen and oxygen atoms in total. The summed E-state index contributed by atoms with van der Waals surface area (Å²) in [6.07, 6.45) is 2.06. The number of hydrogen-bond donors (Lipinski definition) is 2. The van der Waals surface area contributed by atoms with E-state index in [0.717, 1.165) is 42.9 Å². The van der Waals surface area contributed by atoms with Gasteiger partial charge < -0.3 is 15.4 Å². The van der Waals surface area contributed by atoms with Crippen molar-refractivity contribution < 1.29 is 9.53 Å². The molecule has 0 saturated heterocycles. The summed E-state index contributed by atoms with van der Waals surface area (Å²) >= 11 is 0. The second-order valence-corrected chi connectivity index (χ2v) is 4.61. The first-order valence-corrected chi connectivity index (χ1v) is 6.10. The summed E-state index contributed by atoms with van der Waals surface area (Å²) in [6.45, 7) is 2.35. The molecular formula is C13H17ClN2O2. The highest BCUT2D eigenvalue weighted by Crippen LogP contribution is 2.31. The lowest BCUT2D eigenvalue weighted by atomic mass is 10.1. The zero-order chi connectivity index (χ0) is 11.7. The average Bonchev–Trinajstić information content (AvgIpc) is 3.16. The Kier molecular flexibility index (Phi) is 4.09. The summed E-state index contributed by atoms with van der Waals surface area (Å²) < 4.78 is 5.59. The summed E-state index contributed by atoms with van der Waals surface area (Å²) in [5.41, 5.74) is 1.98. The molecule has 2 aliphatic rings. The van der Waals surface area contributed by atoms with Gasteiger partial charge in [0, 0.05) is 30.3 Å². The van der Waals surface area contributed by atoms with Gasteiger partial charge in [0.15, 0.2) is 0 Å². The molecule has 1 fully saturated rings. The second kappa shape index (κ2) is 5.59. The number of benzene rings is 1. The molecule has 0 atom stereocenters. The van der Waals surface area contributed by atoms with Gasteiger partial charge in [-0.25, -0.2) is 0 Å². The molecule has 1 aromatic carbocycles. The maximum Gasteiger partial charge on any atom is 0.227 e. The molecule has 1 aromatic rings. The fraction of sp³-hybridized carbons (Fsp3) is 0.462. The Hall–Kier alpha value is -1.26. The zero-order valence-corrected chi connectivity index (χ0v) is 10.9. The van der Waals surface area contributed by atoms with Crippen LogP contribution in [-0.2, 0) is 11.3 Å². The number of fused-ring (bicyclic) bond motifs is 1. The summed E-state index contributed by atoms with van der Waals surface area (Å²) in [4.78, 5) is 11.7. The molecule has 5 heteroatoms. The Balaban J connectivity index is 0.00000120. The largest absolute Gasteiger partial charge is 0.492 e. The van der Waals surface area contributed by atoms with Crippen molar-refractivity contribution in [1.82, 2.24) is 5.32 Å². The summed E-state index contributed by atoms with van der Waals surface area (Å²) in [7, 11) is 0. The van der Waals surface area contributed by atoms with Crippen LogP contribution in [0.2, 0.25) is 0 Å². The van der Waals surface area contributed by atoms with Crippen molar-refractivity contribution in [1.29, 1.82) is 0 Å². The van der Waals surface area contributed by atoms with Crippen molar-refractivity contribution >= 4 is 24.0 Å². The van der Waals surface area contributed by atoms with E-state index in [1.807, 2.05) is 18.2 Å². The van der Waals surface area contributed by atoms with Crippen LogP contribution in [0, 0.1) is 5.92 Å². The standard InChI is InChI=1S/C13H16N2O2.ClH/c16-13(9-1-2-9)15-11-3-4-12-10(7-11)8-14-5-6-17-12;/h3-4,7,9,14H,1-2,5-6,8H2,(H,15,16);1H. The monoisotopic (exact) mass is 268 g/mol. The van der Waals surface area contributed by atoms with Gasteiger partial charge in [0.2, 0.25) is 5.91 Å². The van der Waals surface area contributed by atoms with Crippen LogP contribution in [0.4, 0.5) is 5.69 Å². The normalized spacial score (nSPS) is 17.8. The third kappa shape index (κ3) is 2.94. The lowest BCUT2D eigenvalue weighted by Gasteiger charge is -2.09. The second-order valence-electron chi connectivity index (χ2n) is 4.61. The number of carbonyl (C=O) groups is 1. The number of anilines is 1. The SMILES string of the molecule is Cl.O=C(Nc1ccc2c(c1)CNCCO2)C1CC1. The molecular weight excluding hydrogens is 252 g/mol. The molecule has 1 amide bonds. The minimum Gasteiger partial charge on any atom is -0.492 e. The lowest BCUT2D eigenvalue weighted by Crippen LogP contribution is -2.16. The van der Waals surface area contributed by atoms with Gasteiger partial charge in [-0.2, -0.15) is 0 Å². The van der Waals surface area contributed by atoms with E-state index in [4.69, 9.17) is 4.74 Å². The first-order chi connectivity index (χ1) is 8.33. The Bertz CT molecular complexity index is 447. The number of ether oxygens (including phenoxy) is 1. The Morgan fingerprint density at radius 1 is 1.39 bits per heavy atom. The maximum atomic E-state index is 11.7. The van der Waals surface area contributed by atoms with E-state index in [1.165, 1.54) is 0 Å². The van der Waals surface area contributed by atoms with E-state index in [0.29, 0.717) is 6.61 Å². The van der Waals surface area contributed by atoms with Crippen LogP contribution in [-0.4, -0.2) is 19.1 Å². The lowest BCUT2D eigenvalue weighted by molar-refractivity contribution is -0.117. The summed E-state index contributed by atoms with van der Waals surface area (Å²) in [5.74, 6) is 1.30. The van der Waals surface area contributed by atoms with Crippen LogP contribution in [0.1, 0.15) is 18.4 Å². The summed E-state index contributed by atoms with van der Waals surface area (Å²) in [6, 6.07) is 5.84. The van der Waals surface area contributed by atoms with Crippen LogP contribution >= 0.6 is 12.4 Å². The van der Waals surface area contributed by atoms with E-state index >= 15 is 0 Å². The molecule has 1 aliphatic heterocycles. The molecule has 0 unspecified atom stereocenters. The van der Waals surface area contributed by atoms with Gasteiger partial charge in [-0.15, -0.1) is 12.4 Å². The third-order valence-electron chi connectivity index (χ3n) is 3.13. The third-order valence-corrected chi connectivity index (χ3v) is 3.13. The first kappa shape index (κ1) is 13.2. The predicted octanol–water partition coefficient (Wildman–Crippen LogP) is 1.94. The van der Waals surface area contributed by atoms with Crippen molar-refractivity contribution in [3.05, 3.63) is 23.8 Å². The zero-order valence-electron chi connectivity index (χ0n) is 10.1. The highest BCUT2D eigenvalue weighted by atomic mass is 35.5. The van der Waals surface area contributed by atoms with Crippen LogP contribution in [0.5, 0.6) is 5.75 Å². The Morgan fingerprint density at radius 3 is 3.00 bits per heavy atom. The van der Waals surface area contributed by atoms with Gasteiger partial charge in [-0.05, 0) is 31.0 Å². The summed E-state index contributed by atoms with van der Waals surface area (Å²) in [5, 5.41) is 6.23. The number of halogens is 1. The molecule has 0 aromatic heterocycles. The number of amides is 1. The molecule has 2 N–H and O–H groups in total. The number of nitrogens with one attached hydrogen (secondary N) is 2. The van der Waals surface area contributed by atoms with Crippen molar-refractivity contribution in [2.24, 2.45) is 5.92 Å². The van der Waals surface area contributed by atoms with Gasteiger partial charge in [0.05, 0.1) is 0 Å². The van der Waals surface area contributed by atoms with Gasteiger partial charge in [-0.1, -0.05) is 0 Å². The van der Waals surface area contributed by atoms with Gasteiger partial charge >= 0.3 is 0 Å². The van der Waals surface area contributed by atoms with Crippen LogP contribution < -0.4 is 15.4 Å². The fourth-order valence-electron chi connectivity index (χ4n) is 1.98. The highest BCUT2D eigenvalue weighted by molar-refractivity contribution is 5.94. The predicted molar refractivity (Wildman–Crippen MR) is 72.2 cm³/mol. The van der Waals surface area contributed by atoms with Crippen LogP contribution in [0.15, 0.2) is 18.2 Å². The minimum absolute atomic E-state index is 0. The first-order valence-electron chi connectivity index (χ1n) is 6.10. The Labute approximate surface area is 113 Å². The van der Waals surface area contributed by atoms with Crippen molar-refractivity contribution in [3.8, 4) is 5.75 Å². The van der Waals surface area contributed by atoms with Crippen molar-refractivity contribution in [3.63, 3.8) is 0 Å². The van der Waals surface area contributed by atoms with Crippen LogP contribution in [0.25, 0.3) is 0 Å². The highest BCUT2D eigenvalue weighted by Gasteiger charge is 2.29. The molecule has 0 spiro atoms. The van der Waals surface area contributed by atoms with Crippen molar-refractivity contribution in [2.45, 2.75) is 19.4 Å². The van der Waals surface area contributed by atoms with E-state index in [-0.39, 0.29) is 24.2 Å². The number of hydrogen-bond acceptors (Lipinski definition) is 3. The molecule has 0 radical (unpaired) electrons. The van der Waals surface area contributed by atoms with Crippen molar-refractivity contribution in [2.75, 3.05) is 18.5 Å². The molecule has 1 heterocycles. The van der Waals surface area contributed by atoms with E-state index in [2.05, 4.69) is 10.6 Å². The molecule has 3 rings (SSSR count). The average molecular weight is 269 g/mol. The molecule has 98 valence electrons.